The molecule has 1 heterocycles. The molecular weight excluding hydrogens is 256 g/mol. The molecule has 0 aromatic heterocycles. The van der Waals surface area contributed by atoms with E-state index in [-0.39, 0.29) is 5.41 Å². The van der Waals surface area contributed by atoms with E-state index in [0.29, 0.717) is 6.04 Å². The largest absolute Gasteiger partial charge is 0.360 e. The molecule has 2 heteroatoms. The zero-order chi connectivity index (χ0) is 14.9. The van der Waals surface area contributed by atoms with Crippen molar-refractivity contribution in [3.05, 3.63) is 71.8 Å². The Morgan fingerprint density at radius 2 is 1.43 bits per heavy atom. The molecule has 2 nitrogen and oxygen atoms in total. The number of likely N-dealkylation sites (N-methyl/N-ethyl adjacent to an activating group) is 1. The second-order valence-corrected chi connectivity index (χ2v) is 5.85. The lowest BCUT2D eigenvalue weighted by molar-refractivity contribution is 0.415. The molecule has 0 amide bonds. The molecule has 1 atom stereocenters. The second kappa shape index (κ2) is 5.36. The van der Waals surface area contributed by atoms with E-state index in [9.17, 15) is 0 Å². The van der Waals surface area contributed by atoms with Crippen LogP contribution in [0.5, 0.6) is 0 Å². The predicted molar refractivity (Wildman–Crippen MR) is 88.9 cm³/mol. The second-order valence-electron chi connectivity index (χ2n) is 5.85. The zero-order valence-corrected chi connectivity index (χ0v) is 13.0. The van der Waals surface area contributed by atoms with E-state index in [1.807, 2.05) is 7.05 Å². The van der Waals surface area contributed by atoms with Gasteiger partial charge in [0.2, 0.25) is 0 Å². The molecule has 1 aliphatic rings. The molecule has 0 N–H and O–H groups in total. The Kier molecular flexibility index (Phi) is 3.54. The summed E-state index contributed by atoms with van der Waals surface area (Å²) in [6, 6.07) is 22.0. The van der Waals surface area contributed by atoms with E-state index in [1.165, 1.54) is 11.1 Å². The van der Waals surface area contributed by atoms with Gasteiger partial charge in [0.15, 0.2) is 0 Å². The molecule has 2 aromatic carbocycles. The van der Waals surface area contributed by atoms with Crippen molar-refractivity contribution in [2.75, 3.05) is 14.1 Å². The highest BCUT2D eigenvalue weighted by molar-refractivity contribution is 5.98. The Bertz CT molecular complexity index is 592. The quantitative estimate of drug-likeness (QED) is 0.817. The number of amidine groups is 1. The molecule has 1 aliphatic heterocycles. The lowest BCUT2D eigenvalue weighted by Gasteiger charge is -2.31. The Balaban J connectivity index is 2.27. The summed E-state index contributed by atoms with van der Waals surface area (Å²) < 4.78 is 0. The molecule has 3 rings (SSSR count). The third-order valence-electron chi connectivity index (χ3n) is 4.72. The molecule has 0 bridgehead atoms. The van der Waals surface area contributed by atoms with Crippen LogP contribution in [-0.2, 0) is 5.41 Å². The first kappa shape index (κ1) is 13.9. The number of aliphatic imine (C=N–C) groups is 1. The first-order valence-electron chi connectivity index (χ1n) is 7.51. The maximum Gasteiger partial charge on any atom is 0.114 e. The molecule has 0 unspecified atom stereocenters. The summed E-state index contributed by atoms with van der Waals surface area (Å²) >= 11 is 0. The molecule has 108 valence electrons. The SMILES string of the molecule is CN=C1N(C)[C@@H](C)CC1(c1ccccc1)c1ccccc1. The minimum atomic E-state index is -0.133. The first-order chi connectivity index (χ1) is 10.2. The van der Waals surface area contributed by atoms with Gasteiger partial charge in [-0.25, -0.2) is 0 Å². The Morgan fingerprint density at radius 1 is 0.952 bits per heavy atom. The Morgan fingerprint density at radius 3 is 1.86 bits per heavy atom. The van der Waals surface area contributed by atoms with Crippen LogP contribution in [0.25, 0.3) is 0 Å². The van der Waals surface area contributed by atoms with Gasteiger partial charge < -0.3 is 4.90 Å². The number of likely N-dealkylation sites (tertiary alicyclic amines) is 1. The van der Waals surface area contributed by atoms with Crippen LogP contribution in [0.3, 0.4) is 0 Å². The fraction of sp³-hybridized carbons (Fsp3) is 0.316. The topological polar surface area (TPSA) is 15.6 Å². The van der Waals surface area contributed by atoms with Crippen LogP contribution in [0.2, 0.25) is 0 Å². The lowest BCUT2D eigenvalue weighted by Crippen LogP contribution is -2.38. The van der Waals surface area contributed by atoms with Crippen LogP contribution < -0.4 is 0 Å². The van der Waals surface area contributed by atoms with Gasteiger partial charge in [0.05, 0.1) is 5.41 Å². The standard InChI is InChI=1S/C19H22N2/c1-15-14-19(18(20-2)21(15)3,16-10-6-4-7-11-16)17-12-8-5-9-13-17/h4-13,15H,14H2,1-3H3/t15-/m0/s1. The average Bonchev–Trinajstić information content (AvgIpc) is 2.81. The minimum absolute atomic E-state index is 0.133. The fourth-order valence-electron chi connectivity index (χ4n) is 3.64. The highest BCUT2D eigenvalue weighted by Crippen LogP contribution is 2.44. The number of hydrogen-bond acceptors (Lipinski definition) is 1. The molecular formula is C19H22N2. The van der Waals surface area contributed by atoms with E-state index in [4.69, 9.17) is 0 Å². The van der Waals surface area contributed by atoms with Crippen molar-refractivity contribution in [3.63, 3.8) is 0 Å². The first-order valence-corrected chi connectivity index (χ1v) is 7.51. The smallest absolute Gasteiger partial charge is 0.114 e. The van der Waals surface area contributed by atoms with Gasteiger partial charge in [0.1, 0.15) is 5.84 Å². The van der Waals surface area contributed by atoms with Gasteiger partial charge in [-0.3, -0.25) is 4.99 Å². The van der Waals surface area contributed by atoms with E-state index in [2.05, 4.69) is 84.5 Å². The van der Waals surface area contributed by atoms with Crippen LogP contribution in [0.15, 0.2) is 65.7 Å². The highest BCUT2D eigenvalue weighted by atomic mass is 15.2. The molecule has 1 fully saturated rings. The minimum Gasteiger partial charge on any atom is -0.360 e. The van der Waals surface area contributed by atoms with E-state index < -0.39 is 0 Å². The van der Waals surface area contributed by atoms with Gasteiger partial charge >= 0.3 is 0 Å². The Labute approximate surface area is 127 Å². The molecule has 0 radical (unpaired) electrons. The van der Waals surface area contributed by atoms with E-state index in [0.717, 1.165) is 12.3 Å². The third kappa shape index (κ3) is 2.06. The van der Waals surface area contributed by atoms with Crippen LogP contribution in [0, 0.1) is 0 Å². The predicted octanol–water partition coefficient (Wildman–Crippen LogP) is 3.73. The molecule has 0 spiro atoms. The van der Waals surface area contributed by atoms with Gasteiger partial charge in [0.25, 0.3) is 0 Å². The fourth-order valence-corrected chi connectivity index (χ4v) is 3.64. The number of rotatable bonds is 2. The maximum atomic E-state index is 4.67. The van der Waals surface area contributed by atoms with Crippen molar-refractivity contribution >= 4 is 5.84 Å². The highest BCUT2D eigenvalue weighted by Gasteiger charge is 2.48. The van der Waals surface area contributed by atoms with Crippen LogP contribution in [-0.4, -0.2) is 30.9 Å². The maximum absolute atomic E-state index is 4.67. The summed E-state index contributed by atoms with van der Waals surface area (Å²) in [6.07, 6.45) is 1.06. The van der Waals surface area contributed by atoms with Crippen molar-refractivity contribution < 1.29 is 0 Å². The normalized spacial score (nSPS) is 22.7. The van der Waals surface area contributed by atoms with Gasteiger partial charge in [-0.1, -0.05) is 60.7 Å². The number of nitrogens with zero attached hydrogens (tertiary/aromatic N) is 2. The van der Waals surface area contributed by atoms with Crippen LogP contribution in [0.1, 0.15) is 24.5 Å². The van der Waals surface area contributed by atoms with E-state index in [1.54, 1.807) is 0 Å². The summed E-state index contributed by atoms with van der Waals surface area (Å²) in [5.41, 5.74) is 2.52. The molecule has 0 saturated carbocycles. The lowest BCUT2D eigenvalue weighted by atomic mass is 9.72. The summed E-state index contributed by atoms with van der Waals surface area (Å²) in [5, 5.41) is 0. The summed E-state index contributed by atoms with van der Waals surface area (Å²) in [7, 11) is 4.06. The van der Waals surface area contributed by atoms with E-state index >= 15 is 0 Å². The van der Waals surface area contributed by atoms with Gasteiger partial charge in [0, 0.05) is 20.1 Å². The van der Waals surface area contributed by atoms with Crippen molar-refractivity contribution in [2.24, 2.45) is 4.99 Å². The number of benzene rings is 2. The summed E-state index contributed by atoms with van der Waals surface area (Å²) in [5.74, 6) is 1.16. The van der Waals surface area contributed by atoms with Gasteiger partial charge in [-0.15, -0.1) is 0 Å². The van der Waals surface area contributed by atoms with Crippen molar-refractivity contribution in [2.45, 2.75) is 24.8 Å². The van der Waals surface area contributed by atoms with Crippen LogP contribution in [0.4, 0.5) is 0 Å². The van der Waals surface area contributed by atoms with Gasteiger partial charge in [-0.2, -0.15) is 0 Å². The molecule has 0 aliphatic carbocycles. The van der Waals surface area contributed by atoms with Crippen LogP contribution >= 0.6 is 0 Å². The van der Waals surface area contributed by atoms with Crippen molar-refractivity contribution in [1.29, 1.82) is 0 Å². The molecule has 1 saturated heterocycles. The molecule has 2 aromatic rings. The third-order valence-corrected chi connectivity index (χ3v) is 4.72. The summed E-state index contributed by atoms with van der Waals surface area (Å²) in [4.78, 5) is 6.99. The number of hydrogen-bond donors (Lipinski definition) is 0. The molecule has 21 heavy (non-hydrogen) atoms. The summed E-state index contributed by atoms with van der Waals surface area (Å²) in [6.45, 7) is 2.28. The zero-order valence-electron chi connectivity index (χ0n) is 13.0. The monoisotopic (exact) mass is 278 g/mol. The van der Waals surface area contributed by atoms with Crippen molar-refractivity contribution in [3.8, 4) is 0 Å². The van der Waals surface area contributed by atoms with Gasteiger partial charge in [-0.05, 0) is 24.5 Å². The van der Waals surface area contributed by atoms with Crippen molar-refractivity contribution in [1.82, 2.24) is 4.90 Å². The average molecular weight is 278 g/mol. The Hall–Kier alpha value is -2.09.